The molecule has 0 fully saturated rings. The first-order valence-electron chi connectivity index (χ1n) is 6.95. The number of nitrogens with one attached hydrogen (secondary N) is 2. The first-order chi connectivity index (χ1) is 10.3. The van der Waals surface area contributed by atoms with Gasteiger partial charge < -0.3 is 10.6 Å². The summed E-state index contributed by atoms with van der Waals surface area (Å²) in [6, 6.07) is 8.09. The van der Waals surface area contributed by atoms with Gasteiger partial charge in [0.1, 0.15) is 5.82 Å². The Labute approximate surface area is 123 Å². The Kier molecular flexibility index (Phi) is 3.64. The van der Waals surface area contributed by atoms with Crippen LogP contribution in [0, 0.1) is 6.92 Å². The Hall–Kier alpha value is -2.69. The van der Waals surface area contributed by atoms with Crippen molar-refractivity contribution in [2.75, 3.05) is 17.2 Å². The molecule has 0 atom stereocenters. The molecular weight excluding hydrogens is 262 g/mol. The molecule has 2 heterocycles. The molecule has 3 aromatic rings. The van der Waals surface area contributed by atoms with Crippen LogP contribution >= 0.6 is 0 Å². The predicted molar refractivity (Wildman–Crippen MR) is 86.0 cm³/mol. The molecular formula is C16H17N5. The number of hydrogen-bond acceptors (Lipinski definition) is 5. The number of aromatic nitrogens is 3. The van der Waals surface area contributed by atoms with E-state index in [9.17, 15) is 0 Å². The number of fused-ring (bicyclic) bond motifs is 1. The van der Waals surface area contributed by atoms with Crippen molar-refractivity contribution in [2.24, 2.45) is 0 Å². The van der Waals surface area contributed by atoms with Gasteiger partial charge >= 0.3 is 0 Å². The minimum atomic E-state index is 0.632. The average Bonchev–Trinajstić information content (AvgIpc) is 2.51. The summed E-state index contributed by atoms with van der Waals surface area (Å²) in [5, 5.41) is 8.74. The molecule has 0 aliphatic carbocycles. The Morgan fingerprint density at radius 1 is 1.14 bits per heavy atom. The smallest absolute Gasteiger partial charge is 0.224 e. The normalized spacial score (nSPS) is 10.6. The highest BCUT2D eigenvalue weighted by molar-refractivity contribution is 5.94. The zero-order chi connectivity index (χ0) is 14.7. The van der Waals surface area contributed by atoms with Crippen LogP contribution in [-0.4, -0.2) is 21.5 Å². The Bertz CT molecular complexity index is 764. The van der Waals surface area contributed by atoms with E-state index in [1.165, 1.54) is 0 Å². The molecule has 0 spiro atoms. The Balaban J connectivity index is 2.00. The standard InChI is InChI=1S/C16H17N5/c1-3-18-16-19-9-11(2)15(21-16)20-14-6-4-5-12-10-17-8-7-13(12)14/h4-10H,3H2,1-2H3,(H2,18,19,20,21). The van der Waals surface area contributed by atoms with Crippen LogP contribution in [0.5, 0.6) is 0 Å². The van der Waals surface area contributed by atoms with Crippen LogP contribution < -0.4 is 10.6 Å². The highest BCUT2D eigenvalue weighted by atomic mass is 15.1. The Morgan fingerprint density at radius 2 is 2.05 bits per heavy atom. The predicted octanol–water partition coefficient (Wildman–Crippen LogP) is 3.51. The van der Waals surface area contributed by atoms with Gasteiger partial charge in [-0.05, 0) is 26.0 Å². The van der Waals surface area contributed by atoms with Crippen LogP contribution in [0.15, 0.2) is 42.9 Å². The maximum absolute atomic E-state index is 4.52. The molecule has 3 rings (SSSR count). The molecule has 0 amide bonds. The second-order valence-electron chi connectivity index (χ2n) is 4.78. The van der Waals surface area contributed by atoms with E-state index in [1.54, 1.807) is 6.20 Å². The number of aryl methyl sites for hydroxylation is 1. The van der Waals surface area contributed by atoms with E-state index < -0.39 is 0 Å². The lowest BCUT2D eigenvalue weighted by Crippen LogP contribution is -2.05. The first-order valence-corrected chi connectivity index (χ1v) is 6.95. The molecule has 1 aromatic carbocycles. The molecule has 5 heteroatoms. The molecule has 0 saturated heterocycles. The van der Waals surface area contributed by atoms with Crippen LogP contribution in [0.3, 0.4) is 0 Å². The molecule has 21 heavy (non-hydrogen) atoms. The lowest BCUT2D eigenvalue weighted by molar-refractivity contribution is 1.07. The van der Waals surface area contributed by atoms with Crippen molar-refractivity contribution >= 4 is 28.2 Å². The zero-order valence-electron chi connectivity index (χ0n) is 12.1. The highest BCUT2D eigenvalue weighted by Gasteiger charge is 2.06. The summed E-state index contributed by atoms with van der Waals surface area (Å²) < 4.78 is 0. The van der Waals surface area contributed by atoms with Gasteiger partial charge in [-0.25, -0.2) is 4.98 Å². The number of hydrogen-bond donors (Lipinski definition) is 2. The fourth-order valence-corrected chi connectivity index (χ4v) is 2.17. The number of nitrogens with zero attached hydrogens (tertiary/aromatic N) is 3. The summed E-state index contributed by atoms with van der Waals surface area (Å²) in [4.78, 5) is 12.9. The van der Waals surface area contributed by atoms with Crippen molar-refractivity contribution in [1.29, 1.82) is 0 Å². The molecule has 5 nitrogen and oxygen atoms in total. The molecule has 0 aliphatic rings. The van der Waals surface area contributed by atoms with Crippen LogP contribution in [0.1, 0.15) is 12.5 Å². The maximum Gasteiger partial charge on any atom is 0.224 e. The maximum atomic E-state index is 4.52. The van der Waals surface area contributed by atoms with Crippen molar-refractivity contribution < 1.29 is 0 Å². The van der Waals surface area contributed by atoms with Crippen LogP contribution in [0.25, 0.3) is 10.8 Å². The number of benzene rings is 1. The minimum Gasteiger partial charge on any atom is -0.354 e. The summed E-state index contributed by atoms with van der Waals surface area (Å²) in [6.07, 6.45) is 5.47. The third-order valence-corrected chi connectivity index (χ3v) is 3.24. The lowest BCUT2D eigenvalue weighted by Gasteiger charge is -2.12. The molecule has 2 aromatic heterocycles. The van der Waals surface area contributed by atoms with Crippen LogP contribution in [0.4, 0.5) is 17.5 Å². The van der Waals surface area contributed by atoms with E-state index in [2.05, 4.69) is 25.6 Å². The van der Waals surface area contributed by atoms with Crippen molar-refractivity contribution in [3.8, 4) is 0 Å². The van der Waals surface area contributed by atoms with Crippen molar-refractivity contribution in [1.82, 2.24) is 15.0 Å². The first kappa shape index (κ1) is 13.3. The summed E-state index contributed by atoms with van der Waals surface area (Å²) in [5.41, 5.74) is 2.02. The van der Waals surface area contributed by atoms with Gasteiger partial charge in [-0.3, -0.25) is 4.98 Å². The summed E-state index contributed by atoms with van der Waals surface area (Å²) in [6.45, 7) is 4.81. The zero-order valence-corrected chi connectivity index (χ0v) is 12.1. The third-order valence-electron chi connectivity index (χ3n) is 3.24. The quantitative estimate of drug-likeness (QED) is 0.765. The van der Waals surface area contributed by atoms with E-state index >= 15 is 0 Å². The van der Waals surface area contributed by atoms with E-state index in [4.69, 9.17) is 0 Å². The number of pyridine rings is 1. The SMILES string of the molecule is CCNc1ncc(C)c(Nc2cccc3cnccc23)n1. The minimum absolute atomic E-state index is 0.632. The monoisotopic (exact) mass is 279 g/mol. The molecule has 0 aliphatic heterocycles. The third kappa shape index (κ3) is 2.76. The fraction of sp³-hybridized carbons (Fsp3) is 0.188. The summed E-state index contributed by atoms with van der Waals surface area (Å²) >= 11 is 0. The molecule has 0 radical (unpaired) electrons. The molecule has 0 saturated carbocycles. The second-order valence-corrected chi connectivity index (χ2v) is 4.78. The van der Waals surface area contributed by atoms with Gasteiger partial charge in [0.05, 0.1) is 0 Å². The van der Waals surface area contributed by atoms with Gasteiger partial charge in [-0.15, -0.1) is 0 Å². The Morgan fingerprint density at radius 3 is 2.90 bits per heavy atom. The van der Waals surface area contributed by atoms with Crippen LogP contribution in [0.2, 0.25) is 0 Å². The molecule has 0 unspecified atom stereocenters. The summed E-state index contributed by atoms with van der Waals surface area (Å²) in [5.74, 6) is 1.44. The van der Waals surface area contributed by atoms with E-state index in [0.717, 1.165) is 34.4 Å². The summed E-state index contributed by atoms with van der Waals surface area (Å²) in [7, 11) is 0. The van der Waals surface area contributed by atoms with Crippen molar-refractivity contribution in [3.63, 3.8) is 0 Å². The molecule has 2 N–H and O–H groups in total. The van der Waals surface area contributed by atoms with Crippen molar-refractivity contribution in [3.05, 3.63) is 48.4 Å². The number of anilines is 3. The van der Waals surface area contributed by atoms with Crippen LogP contribution in [-0.2, 0) is 0 Å². The van der Waals surface area contributed by atoms with E-state index in [0.29, 0.717) is 5.95 Å². The molecule has 0 bridgehead atoms. The lowest BCUT2D eigenvalue weighted by atomic mass is 10.1. The topological polar surface area (TPSA) is 62.7 Å². The van der Waals surface area contributed by atoms with Crippen molar-refractivity contribution in [2.45, 2.75) is 13.8 Å². The van der Waals surface area contributed by atoms with Gasteiger partial charge in [-0.2, -0.15) is 4.98 Å². The van der Waals surface area contributed by atoms with Gasteiger partial charge in [0, 0.05) is 47.2 Å². The average molecular weight is 279 g/mol. The fourth-order valence-electron chi connectivity index (χ4n) is 2.17. The van der Waals surface area contributed by atoms with Gasteiger partial charge in [0.15, 0.2) is 0 Å². The largest absolute Gasteiger partial charge is 0.354 e. The van der Waals surface area contributed by atoms with E-state index in [-0.39, 0.29) is 0 Å². The van der Waals surface area contributed by atoms with Gasteiger partial charge in [0.25, 0.3) is 0 Å². The van der Waals surface area contributed by atoms with Gasteiger partial charge in [-0.1, -0.05) is 12.1 Å². The number of rotatable bonds is 4. The van der Waals surface area contributed by atoms with Gasteiger partial charge in [0.2, 0.25) is 5.95 Å². The highest BCUT2D eigenvalue weighted by Crippen LogP contribution is 2.26. The molecule has 106 valence electrons. The van der Waals surface area contributed by atoms with E-state index in [1.807, 2.05) is 50.5 Å². The second kappa shape index (κ2) is 5.75.